The Morgan fingerprint density at radius 1 is 0.745 bits per heavy atom. The van der Waals surface area contributed by atoms with Crippen molar-refractivity contribution in [2.75, 3.05) is 56.6 Å². The summed E-state index contributed by atoms with van der Waals surface area (Å²) in [6.07, 6.45) is 8.14. The van der Waals surface area contributed by atoms with E-state index in [-0.39, 0.29) is 55.9 Å². The highest BCUT2D eigenvalue weighted by Crippen LogP contribution is 2.51. The molecular formula is C38H51N5O10S2. The molecule has 4 aliphatic rings. The Hall–Kier alpha value is -4.22. The number of esters is 1. The van der Waals surface area contributed by atoms with Gasteiger partial charge in [0.2, 0.25) is 26.0 Å². The van der Waals surface area contributed by atoms with Crippen LogP contribution in [0.4, 0.5) is 21.0 Å². The first-order valence-corrected chi connectivity index (χ1v) is 22.3. The summed E-state index contributed by atoms with van der Waals surface area (Å²) in [5.74, 6) is -1.58. The van der Waals surface area contributed by atoms with Crippen LogP contribution >= 0.6 is 0 Å². The molecule has 5 amide bonds. The van der Waals surface area contributed by atoms with Crippen molar-refractivity contribution in [1.29, 1.82) is 0 Å². The van der Waals surface area contributed by atoms with Crippen LogP contribution in [0.15, 0.2) is 12.1 Å². The molecule has 0 bridgehead atoms. The third-order valence-corrected chi connectivity index (χ3v) is 13.9. The second-order valence-corrected chi connectivity index (χ2v) is 18.7. The van der Waals surface area contributed by atoms with Crippen LogP contribution in [0.1, 0.15) is 89.0 Å². The Labute approximate surface area is 322 Å². The minimum absolute atomic E-state index is 0.0518. The zero-order chi connectivity index (χ0) is 39.5. The van der Waals surface area contributed by atoms with Gasteiger partial charge in [-0.15, -0.1) is 0 Å². The number of amides is 5. The number of carbonyl (C=O) groups is 4. The Morgan fingerprint density at radius 2 is 1.36 bits per heavy atom. The van der Waals surface area contributed by atoms with E-state index in [4.69, 9.17) is 4.74 Å². The summed E-state index contributed by atoms with van der Waals surface area (Å²) in [4.78, 5) is 51.7. The van der Waals surface area contributed by atoms with Gasteiger partial charge in [-0.25, -0.2) is 35.9 Å². The summed E-state index contributed by atoms with van der Waals surface area (Å²) in [6, 6.07) is 2.77. The molecule has 17 heteroatoms. The van der Waals surface area contributed by atoms with Gasteiger partial charge in [-0.1, -0.05) is 12.1 Å². The number of ether oxygens (including phenoxy) is 2. The number of benzene rings is 2. The number of hydrogen-bond donors (Lipinski definition) is 4. The fourth-order valence-electron chi connectivity index (χ4n) is 8.82. The highest BCUT2D eigenvalue weighted by Gasteiger charge is 2.40. The third-order valence-electron chi connectivity index (χ3n) is 11.4. The average molecular weight is 802 g/mol. The largest absolute Gasteiger partial charge is 0.469 e. The van der Waals surface area contributed by atoms with E-state index in [2.05, 4.69) is 36.9 Å². The molecule has 2 atom stereocenters. The van der Waals surface area contributed by atoms with Gasteiger partial charge < -0.3 is 25.0 Å². The number of fused-ring (bicyclic) bond motifs is 4. The average Bonchev–Trinajstić information content (AvgIpc) is 3.95. The Kier molecular flexibility index (Phi) is 12.4. The van der Waals surface area contributed by atoms with Crippen molar-refractivity contribution in [2.45, 2.75) is 89.4 Å². The number of nitrogens with zero attached hydrogens (tertiary/aromatic N) is 1. The number of urea groups is 2. The highest BCUT2D eigenvalue weighted by atomic mass is 32.2. The quantitative estimate of drug-likeness (QED) is 0.193. The van der Waals surface area contributed by atoms with Crippen LogP contribution in [0.5, 0.6) is 0 Å². The fraction of sp³-hybridized carbons (Fsp3) is 0.579. The molecule has 0 saturated carbocycles. The monoisotopic (exact) mass is 801 g/mol. The molecule has 0 saturated heterocycles. The maximum absolute atomic E-state index is 13.3. The third kappa shape index (κ3) is 9.43. The lowest BCUT2D eigenvalue weighted by Gasteiger charge is -2.24. The van der Waals surface area contributed by atoms with Crippen molar-refractivity contribution in [1.82, 2.24) is 14.3 Å². The molecule has 2 aromatic carbocycles. The van der Waals surface area contributed by atoms with E-state index < -0.39 is 43.8 Å². The molecule has 0 fully saturated rings. The van der Waals surface area contributed by atoms with E-state index in [0.717, 1.165) is 102 Å². The second-order valence-electron chi connectivity index (χ2n) is 15.0. The van der Waals surface area contributed by atoms with Gasteiger partial charge in [-0.05, 0) is 127 Å². The lowest BCUT2D eigenvalue weighted by Crippen LogP contribution is -2.37. The smallest absolute Gasteiger partial charge is 0.332 e. The van der Waals surface area contributed by atoms with E-state index in [0.29, 0.717) is 17.8 Å². The topological polar surface area (TPSA) is 206 Å². The first-order valence-electron chi connectivity index (χ1n) is 18.9. The molecule has 4 aliphatic carbocycles. The summed E-state index contributed by atoms with van der Waals surface area (Å²) in [5, 5.41) is 5.84. The predicted octanol–water partition coefficient (Wildman–Crippen LogP) is 3.46. The number of methoxy groups -OCH3 is 2. The van der Waals surface area contributed by atoms with Gasteiger partial charge in [-0.2, -0.15) is 0 Å². The maximum atomic E-state index is 13.3. The van der Waals surface area contributed by atoms with Crippen molar-refractivity contribution in [3.8, 4) is 0 Å². The molecule has 300 valence electrons. The number of aryl methyl sites for hydroxylation is 3. The normalized spacial score (nSPS) is 18.2. The van der Waals surface area contributed by atoms with Gasteiger partial charge in [0.15, 0.2) is 0 Å². The number of anilines is 2. The van der Waals surface area contributed by atoms with Crippen molar-refractivity contribution in [3.63, 3.8) is 0 Å². The molecule has 6 rings (SSSR count). The second kappa shape index (κ2) is 16.9. The Morgan fingerprint density at radius 3 is 2.02 bits per heavy atom. The van der Waals surface area contributed by atoms with Crippen LogP contribution in [0.2, 0.25) is 0 Å². The number of hydrogen-bond acceptors (Lipinski definition) is 10. The molecule has 0 radical (unpaired) electrons. The Balaban J connectivity index is 1.17. The van der Waals surface area contributed by atoms with E-state index in [9.17, 15) is 36.0 Å². The van der Waals surface area contributed by atoms with Crippen LogP contribution in [0, 0.1) is 5.92 Å². The van der Waals surface area contributed by atoms with Crippen molar-refractivity contribution >= 4 is 55.4 Å². The lowest BCUT2D eigenvalue weighted by atomic mass is 9.83. The number of carbonyl (C=O) groups excluding carboxylic acids is 4. The molecule has 0 heterocycles. The van der Waals surface area contributed by atoms with E-state index in [1.165, 1.54) is 19.1 Å². The van der Waals surface area contributed by atoms with Crippen LogP contribution in [0.25, 0.3) is 0 Å². The molecule has 2 unspecified atom stereocenters. The van der Waals surface area contributed by atoms with Gasteiger partial charge in [-0.3, -0.25) is 9.59 Å². The zero-order valence-corrected chi connectivity index (χ0v) is 33.3. The minimum atomic E-state index is -4.10. The van der Waals surface area contributed by atoms with Crippen LogP contribution in [-0.2, 0) is 84.1 Å². The summed E-state index contributed by atoms with van der Waals surface area (Å²) < 4.78 is 64.8. The Bertz CT molecular complexity index is 2090. The summed E-state index contributed by atoms with van der Waals surface area (Å²) >= 11 is 0. The molecule has 0 aromatic heterocycles. The van der Waals surface area contributed by atoms with Crippen molar-refractivity contribution < 1.29 is 45.5 Å². The highest BCUT2D eigenvalue weighted by molar-refractivity contribution is 7.90. The lowest BCUT2D eigenvalue weighted by molar-refractivity contribution is -0.140. The minimum Gasteiger partial charge on any atom is -0.469 e. The predicted molar refractivity (Wildman–Crippen MR) is 206 cm³/mol. The fourth-order valence-corrected chi connectivity index (χ4v) is 10.6. The summed E-state index contributed by atoms with van der Waals surface area (Å²) in [6.45, 7) is 0.497. The van der Waals surface area contributed by atoms with Crippen LogP contribution in [-0.4, -0.2) is 91.6 Å². The number of sulfonamides is 2. The number of nitrogens with one attached hydrogen (secondary N) is 4. The van der Waals surface area contributed by atoms with Gasteiger partial charge >= 0.3 is 18.0 Å². The molecule has 55 heavy (non-hydrogen) atoms. The maximum Gasteiger partial charge on any atom is 0.332 e. The number of rotatable bonds is 15. The molecule has 4 N–H and O–H groups in total. The van der Waals surface area contributed by atoms with Crippen LogP contribution in [0.3, 0.4) is 0 Å². The zero-order valence-electron chi connectivity index (χ0n) is 31.7. The molecule has 2 aromatic rings. The molecule has 0 spiro atoms. The molecular weight excluding hydrogens is 751 g/mol. The standard InChI is InChI=1S/C38H51N5O10S2/c1-43(32(44)13-16-52-2)15-6-17-54(48,49)41-37(46)39-35-29-9-4-8-24(29)20-26-21-27(22-31(26)35)28-12-11-25-19-23-7-5-10-30(23)36(34(25)28)40-38(47)42-55(50,51)18-14-33(45)53-3/h19-20,27-28H,4-18,21-22H2,1-3H3,(H2,39,41,46)(H2,40,42,47). The SMILES string of the molecule is COCCC(=O)N(C)CCCS(=O)(=O)NC(=O)Nc1c2c(cc3c1CC(C1CCc4cc5c(c(NC(=O)NS(=O)(=O)CCC(=O)OC)c41)CCC5)C3)CCC2. The first kappa shape index (κ1) is 40.4. The van der Waals surface area contributed by atoms with Crippen molar-refractivity contribution in [3.05, 3.63) is 56.6 Å². The van der Waals surface area contributed by atoms with Crippen LogP contribution < -0.4 is 20.1 Å². The van der Waals surface area contributed by atoms with E-state index in [1.807, 2.05) is 0 Å². The van der Waals surface area contributed by atoms with E-state index >= 15 is 0 Å². The molecule has 15 nitrogen and oxygen atoms in total. The summed E-state index contributed by atoms with van der Waals surface area (Å²) in [7, 11) is -3.82. The summed E-state index contributed by atoms with van der Waals surface area (Å²) in [5.41, 5.74) is 9.97. The van der Waals surface area contributed by atoms with Crippen molar-refractivity contribution in [2.24, 2.45) is 5.92 Å². The van der Waals surface area contributed by atoms with Gasteiger partial charge in [0.25, 0.3) is 0 Å². The van der Waals surface area contributed by atoms with Gasteiger partial charge in [0, 0.05) is 32.1 Å². The first-order chi connectivity index (χ1) is 26.2. The van der Waals surface area contributed by atoms with Gasteiger partial charge in [0.1, 0.15) is 0 Å². The van der Waals surface area contributed by atoms with E-state index in [1.54, 1.807) is 7.05 Å². The molecule has 0 aliphatic heterocycles. The van der Waals surface area contributed by atoms with Gasteiger partial charge in [0.05, 0.1) is 38.1 Å².